The number of hydrogen-bond donors (Lipinski definition) is 0. The number of hydrogen-bond acceptors (Lipinski definition) is 2. The number of fused-ring (bicyclic) bond motifs is 1. The second-order valence-corrected chi connectivity index (χ2v) is 2.08. The first-order chi connectivity index (χ1) is 4.97. The second kappa shape index (κ2) is 3.81. The number of rotatable bonds is 0. The summed E-state index contributed by atoms with van der Waals surface area (Å²) < 4.78 is 0. The van der Waals surface area contributed by atoms with Gasteiger partial charge in [0.25, 0.3) is 0 Å². The van der Waals surface area contributed by atoms with Gasteiger partial charge in [0.2, 0.25) is 0 Å². The van der Waals surface area contributed by atoms with Gasteiger partial charge in [0, 0.05) is 41.1 Å². The third-order valence-electron chi connectivity index (χ3n) is 1.41. The van der Waals surface area contributed by atoms with Gasteiger partial charge in [-0.05, 0) is 6.07 Å². The van der Waals surface area contributed by atoms with E-state index in [-0.39, 0.29) is 29.6 Å². The van der Waals surface area contributed by atoms with Crippen LogP contribution in [0.1, 0.15) is 0 Å². The van der Waals surface area contributed by atoms with Crippen LogP contribution in [0.2, 0.25) is 0 Å². The number of nitrogens with zero attached hydrogens (tertiary/aromatic N) is 2. The zero-order chi connectivity index (χ0) is 6.81. The molecule has 1 aromatic carbocycles. The summed E-state index contributed by atoms with van der Waals surface area (Å²) in [7, 11) is 0. The smallest absolute Gasteiger partial charge is 0.116 e. The van der Waals surface area contributed by atoms with Crippen LogP contribution in [0.25, 0.3) is 10.9 Å². The molecule has 0 aliphatic heterocycles. The first kappa shape index (κ1) is 8.65. The maximum Gasteiger partial charge on any atom is 0.116 e. The molecule has 11 heavy (non-hydrogen) atoms. The molecule has 0 atom stereocenters. The van der Waals surface area contributed by atoms with E-state index < -0.39 is 0 Å². The standard InChI is InChI=1S/C8H6N2.Na/c1-2-4-8-7(3-1)5-9-6-10-8;/h1-6H;. The van der Waals surface area contributed by atoms with E-state index in [0.29, 0.717) is 0 Å². The third-order valence-corrected chi connectivity index (χ3v) is 1.41. The molecule has 3 heteroatoms. The second-order valence-electron chi connectivity index (χ2n) is 2.08. The average Bonchev–Trinajstić information content (AvgIpc) is 2.05. The van der Waals surface area contributed by atoms with Crippen molar-refractivity contribution in [1.82, 2.24) is 9.97 Å². The Labute approximate surface area is 87.0 Å². The van der Waals surface area contributed by atoms with Crippen LogP contribution >= 0.6 is 0 Å². The van der Waals surface area contributed by atoms with Crippen LogP contribution in [0.4, 0.5) is 0 Å². The minimum absolute atomic E-state index is 0. The van der Waals surface area contributed by atoms with Crippen LogP contribution in [-0.2, 0) is 0 Å². The van der Waals surface area contributed by atoms with Crippen LogP contribution in [0.3, 0.4) is 0 Å². The number of para-hydroxylation sites is 1. The molecule has 1 heterocycles. The molecule has 0 N–H and O–H groups in total. The largest absolute Gasteiger partial charge is 0.244 e. The first-order valence-electron chi connectivity index (χ1n) is 3.11. The van der Waals surface area contributed by atoms with Gasteiger partial charge in [0.15, 0.2) is 0 Å². The monoisotopic (exact) mass is 153 g/mol. The summed E-state index contributed by atoms with van der Waals surface area (Å²) in [6, 6.07) is 7.91. The van der Waals surface area contributed by atoms with E-state index in [1.165, 1.54) is 0 Å². The summed E-state index contributed by atoms with van der Waals surface area (Å²) in [5, 5.41) is 1.09. The molecule has 0 spiro atoms. The van der Waals surface area contributed by atoms with Gasteiger partial charge < -0.3 is 0 Å². The number of benzene rings is 1. The molecule has 2 rings (SSSR count). The molecule has 1 aromatic heterocycles. The van der Waals surface area contributed by atoms with Gasteiger partial charge >= 0.3 is 0 Å². The Morgan fingerprint density at radius 1 is 1.09 bits per heavy atom. The molecule has 49 valence electrons. The molecule has 1 radical (unpaired) electrons. The molecule has 2 aromatic rings. The molecular weight excluding hydrogens is 147 g/mol. The topological polar surface area (TPSA) is 25.8 Å². The van der Waals surface area contributed by atoms with E-state index in [9.17, 15) is 0 Å². The zero-order valence-electron chi connectivity index (χ0n) is 6.36. The van der Waals surface area contributed by atoms with Crippen LogP contribution < -0.4 is 0 Å². The zero-order valence-corrected chi connectivity index (χ0v) is 8.36. The first-order valence-corrected chi connectivity index (χ1v) is 3.11. The average molecular weight is 153 g/mol. The molecule has 0 aliphatic rings. The Kier molecular flexibility index (Phi) is 3.00. The third kappa shape index (κ3) is 1.77. The normalized spacial score (nSPS) is 9.09. The van der Waals surface area contributed by atoms with Crippen molar-refractivity contribution >= 4 is 40.5 Å². The van der Waals surface area contributed by atoms with E-state index in [1.807, 2.05) is 30.5 Å². The fourth-order valence-electron chi connectivity index (χ4n) is 0.923. The van der Waals surface area contributed by atoms with Crippen LogP contribution in [-0.4, -0.2) is 39.5 Å². The molecule has 0 amide bonds. The molecule has 0 saturated heterocycles. The molecule has 0 saturated carbocycles. The quantitative estimate of drug-likeness (QED) is 0.532. The van der Waals surface area contributed by atoms with Gasteiger partial charge in [-0.3, -0.25) is 0 Å². The molecule has 0 bridgehead atoms. The minimum atomic E-state index is 0. The summed E-state index contributed by atoms with van der Waals surface area (Å²) in [6.07, 6.45) is 3.37. The van der Waals surface area contributed by atoms with E-state index in [0.717, 1.165) is 10.9 Å². The van der Waals surface area contributed by atoms with Crippen molar-refractivity contribution in [1.29, 1.82) is 0 Å². The van der Waals surface area contributed by atoms with E-state index in [1.54, 1.807) is 6.33 Å². The summed E-state index contributed by atoms with van der Waals surface area (Å²) in [6.45, 7) is 0. The van der Waals surface area contributed by atoms with E-state index in [2.05, 4.69) is 9.97 Å². The van der Waals surface area contributed by atoms with Crippen molar-refractivity contribution < 1.29 is 0 Å². The van der Waals surface area contributed by atoms with Crippen molar-refractivity contribution in [2.45, 2.75) is 0 Å². The van der Waals surface area contributed by atoms with Crippen molar-refractivity contribution in [3.05, 3.63) is 36.8 Å². The summed E-state index contributed by atoms with van der Waals surface area (Å²) in [5.74, 6) is 0. The van der Waals surface area contributed by atoms with Gasteiger partial charge in [-0.25, -0.2) is 9.97 Å². The number of aromatic nitrogens is 2. The molecule has 0 unspecified atom stereocenters. The summed E-state index contributed by atoms with van der Waals surface area (Å²) >= 11 is 0. The fourth-order valence-corrected chi connectivity index (χ4v) is 0.923. The van der Waals surface area contributed by atoms with Gasteiger partial charge in [0.05, 0.1) is 5.52 Å². The van der Waals surface area contributed by atoms with Gasteiger partial charge in [-0.15, -0.1) is 0 Å². The van der Waals surface area contributed by atoms with Gasteiger partial charge in [-0.2, -0.15) is 0 Å². The van der Waals surface area contributed by atoms with E-state index in [4.69, 9.17) is 0 Å². The van der Waals surface area contributed by atoms with Gasteiger partial charge in [0.1, 0.15) is 6.33 Å². The Hall–Kier alpha value is -0.440. The van der Waals surface area contributed by atoms with Gasteiger partial charge in [-0.1, -0.05) is 18.2 Å². The SMILES string of the molecule is [Na].c1ccc2ncncc2c1. The molecular formula is C8H6N2Na. The summed E-state index contributed by atoms with van der Waals surface area (Å²) in [5.41, 5.74) is 0.998. The van der Waals surface area contributed by atoms with Crippen LogP contribution in [0.15, 0.2) is 36.8 Å². The Balaban J connectivity index is 0.000000605. The van der Waals surface area contributed by atoms with Crippen LogP contribution in [0.5, 0.6) is 0 Å². The Morgan fingerprint density at radius 2 is 1.91 bits per heavy atom. The Morgan fingerprint density at radius 3 is 2.73 bits per heavy atom. The predicted octanol–water partition coefficient (Wildman–Crippen LogP) is 1.25. The maximum absolute atomic E-state index is 4.07. The molecule has 0 aliphatic carbocycles. The molecule has 0 fully saturated rings. The predicted molar refractivity (Wildman–Crippen MR) is 45.3 cm³/mol. The molecule has 2 nitrogen and oxygen atoms in total. The summed E-state index contributed by atoms with van der Waals surface area (Å²) in [4.78, 5) is 7.97. The van der Waals surface area contributed by atoms with E-state index >= 15 is 0 Å². The minimum Gasteiger partial charge on any atom is -0.244 e. The van der Waals surface area contributed by atoms with Crippen molar-refractivity contribution in [2.75, 3.05) is 0 Å². The van der Waals surface area contributed by atoms with Crippen molar-refractivity contribution in [3.8, 4) is 0 Å². The maximum atomic E-state index is 4.07. The fraction of sp³-hybridized carbons (Fsp3) is 0. The van der Waals surface area contributed by atoms with Crippen LogP contribution in [0, 0.1) is 0 Å². The van der Waals surface area contributed by atoms with Crippen molar-refractivity contribution in [3.63, 3.8) is 0 Å². The Bertz CT molecular complexity index is 283. The van der Waals surface area contributed by atoms with Crippen molar-refractivity contribution in [2.24, 2.45) is 0 Å².